The van der Waals surface area contributed by atoms with Gasteiger partial charge < -0.3 is 4.79 Å². The Bertz CT molecular complexity index is 442. The van der Waals surface area contributed by atoms with Crippen molar-refractivity contribution in [3.63, 3.8) is 0 Å². The van der Waals surface area contributed by atoms with Gasteiger partial charge in [0, 0.05) is 19.3 Å². The number of hydrogen-bond donors (Lipinski definition) is 0. The minimum atomic E-state index is 0.741. The molecule has 0 bridgehead atoms. The number of unbranched alkanes of at least 4 members (excludes halogenated alkanes) is 20. The average molecular weight is 401 g/mol. The van der Waals surface area contributed by atoms with Crippen molar-refractivity contribution in [2.45, 2.75) is 148 Å². The van der Waals surface area contributed by atoms with Gasteiger partial charge in [0.25, 0.3) is 0 Å². The molecule has 1 nitrogen and oxygen atoms in total. The van der Waals surface area contributed by atoms with Gasteiger partial charge in [0.05, 0.1) is 0 Å². The van der Waals surface area contributed by atoms with Crippen LogP contribution >= 0.6 is 0 Å². The molecule has 0 aliphatic carbocycles. The van der Waals surface area contributed by atoms with E-state index in [0.29, 0.717) is 0 Å². The Morgan fingerprint density at radius 1 is 0.483 bits per heavy atom. The van der Waals surface area contributed by atoms with E-state index in [4.69, 9.17) is 0 Å². The number of hydrogen-bond acceptors (Lipinski definition) is 1. The van der Waals surface area contributed by atoms with Crippen molar-refractivity contribution in [3.05, 3.63) is 0 Å². The molecule has 0 N–H and O–H groups in total. The summed E-state index contributed by atoms with van der Waals surface area (Å²) in [6, 6.07) is 0. The lowest BCUT2D eigenvalue weighted by Crippen LogP contribution is -1.82. The molecule has 0 atom stereocenters. The molecule has 0 amide bonds. The van der Waals surface area contributed by atoms with E-state index < -0.39 is 0 Å². The Morgan fingerprint density at radius 3 is 1.21 bits per heavy atom. The Labute approximate surface area is 183 Å². The minimum absolute atomic E-state index is 0.741. The summed E-state index contributed by atoms with van der Waals surface area (Å²) in [5.41, 5.74) is 0. The van der Waals surface area contributed by atoms with E-state index >= 15 is 0 Å². The fourth-order valence-electron chi connectivity index (χ4n) is 3.59. The molecule has 1 heteroatoms. The SMILES string of the molecule is CCCCCCCCCCCCC#CC#CCCCCCCCCCCCC=O. The van der Waals surface area contributed by atoms with E-state index in [2.05, 4.69) is 30.6 Å². The first-order valence-corrected chi connectivity index (χ1v) is 12.8. The van der Waals surface area contributed by atoms with Gasteiger partial charge in [-0.05, 0) is 31.1 Å². The maximum atomic E-state index is 10.2. The van der Waals surface area contributed by atoms with Crippen LogP contribution in [-0.4, -0.2) is 6.29 Å². The van der Waals surface area contributed by atoms with Gasteiger partial charge in [-0.15, -0.1) is 0 Å². The highest BCUT2D eigenvalue weighted by molar-refractivity contribution is 5.48. The first-order chi connectivity index (χ1) is 14.4. The van der Waals surface area contributed by atoms with Crippen molar-refractivity contribution < 1.29 is 4.79 Å². The van der Waals surface area contributed by atoms with E-state index in [1.807, 2.05) is 0 Å². The van der Waals surface area contributed by atoms with Crippen LogP contribution in [0.2, 0.25) is 0 Å². The van der Waals surface area contributed by atoms with Crippen molar-refractivity contribution in [2.75, 3.05) is 0 Å². The van der Waals surface area contributed by atoms with Gasteiger partial charge in [0.15, 0.2) is 0 Å². The van der Waals surface area contributed by atoms with Crippen LogP contribution < -0.4 is 0 Å². The van der Waals surface area contributed by atoms with Crippen molar-refractivity contribution in [2.24, 2.45) is 0 Å². The second-order valence-electron chi connectivity index (χ2n) is 8.42. The second kappa shape index (κ2) is 26.8. The van der Waals surface area contributed by atoms with Crippen molar-refractivity contribution >= 4 is 6.29 Å². The molecule has 29 heavy (non-hydrogen) atoms. The second-order valence-corrected chi connectivity index (χ2v) is 8.42. The minimum Gasteiger partial charge on any atom is -0.303 e. The van der Waals surface area contributed by atoms with Gasteiger partial charge in [0.2, 0.25) is 0 Å². The van der Waals surface area contributed by atoms with Crippen LogP contribution in [0.3, 0.4) is 0 Å². The quantitative estimate of drug-likeness (QED) is 0.107. The van der Waals surface area contributed by atoms with Crippen molar-refractivity contribution in [3.8, 4) is 23.7 Å². The Kier molecular flexibility index (Phi) is 25.7. The molecule has 0 saturated heterocycles. The fraction of sp³-hybridized carbons (Fsp3) is 0.821. The van der Waals surface area contributed by atoms with E-state index in [9.17, 15) is 4.79 Å². The normalized spacial score (nSPS) is 10.1. The molecule has 0 rings (SSSR count). The summed E-state index contributed by atoms with van der Waals surface area (Å²) in [5, 5.41) is 0. The Morgan fingerprint density at radius 2 is 0.828 bits per heavy atom. The molecule has 0 saturated carbocycles. The molecule has 0 aromatic rings. The van der Waals surface area contributed by atoms with Crippen LogP contribution in [0.4, 0.5) is 0 Å². The van der Waals surface area contributed by atoms with Crippen molar-refractivity contribution in [1.29, 1.82) is 0 Å². The Hall–Kier alpha value is -1.21. The third-order valence-electron chi connectivity index (χ3n) is 5.52. The molecule has 0 aliphatic rings. The van der Waals surface area contributed by atoms with Crippen LogP contribution in [0, 0.1) is 23.7 Å². The third-order valence-corrected chi connectivity index (χ3v) is 5.52. The summed E-state index contributed by atoms with van der Waals surface area (Å²) in [4.78, 5) is 10.2. The topological polar surface area (TPSA) is 17.1 Å². The lowest BCUT2D eigenvalue weighted by atomic mass is 10.1. The van der Waals surface area contributed by atoms with E-state index in [0.717, 1.165) is 32.0 Å². The van der Waals surface area contributed by atoms with Crippen LogP contribution in [0.1, 0.15) is 148 Å². The molecule has 0 radical (unpaired) electrons. The molecular weight excluding hydrogens is 352 g/mol. The highest BCUT2D eigenvalue weighted by atomic mass is 16.1. The van der Waals surface area contributed by atoms with Crippen LogP contribution in [0.25, 0.3) is 0 Å². The van der Waals surface area contributed by atoms with Gasteiger partial charge in [-0.2, -0.15) is 0 Å². The van der Waals surface area contributed by atoms with Crippen LogP contribution in [-0.2, 0) is 4.79 Å². The van der Waals surface area contributed by atoms with Gasteiger partial charge in [-0.3, -0.25) is 0 Å². The highest BCUT2D eigenvalue weighted by Crippen LogP contribution is 2.12. The van der Waals surface area contributed by atoms with Gasteiger partial charge in [0.1, 0.15) is 6.29 Å². The average Bonchev–Trinajstić information content (AvgIpc) is 2.74. The number of carbonyl (C=O) groups excluding carboxylic acids is 1. The summed E-state index contributed by atoms with van der Waals surface area (Å²) >= 11 is 0. The summed E-state index contributed by atoms with van der Waals surface area (Å²) in [5.74, 6) is 12.5. The maximum Gasteiger partial charge on any atom is 0.119 e. The van der Waals surface area contributed by atoms with Crippen molar-refractivity contribution in [1.82, 2.24) is 0 Å². The summed E-state index contributed by atoms with van der Waals surface area (Å²) in [6.45, 7) is 2.28. The molecule has 0 aromatic heterocycles. The van der Waals surface area contributed by atoms with Crippen LogP contribution in [0.5, 0.6) is 0 Å². The first-order valence-electron chi connectivity index (χ1n) is 12.8. The zero-order valence-electron chi connectivity index (χ0n) is 19.5. The molecule has 0 aliphatic heterocycles. The first kappa shape index (κ1) is 27.8. The summed E-state index contributed by atoms with van der Waals surface area (Å²) < 4.78 is 0. The van der Waals surface area contributed by atoms with E-state index in [1.165, 1.54) is 116 Å². The molecule has 0 fully saturated rings. The predicted octanol–water partition coefficient (Wildman–Crippen LogP) is 8.79. The van der Waals surface area contributed by atoms with Gasteiger partial charge >= 0.3 is 0 Å². The predicted molar refractivity (Wildman–Crippen MR) is 129 cm³/mol. The zero-order valence-corrected chi connectivity index (χ0v) is 19.5. The van der Waals surface area contributed by atoms with Gasteiger partial charge in [-0.25, -0.2) is 0 Å². The van der Waals surface area contributed by atoms with Crippen LogP contribution in [0.15, 0.2) is 0 Å². The summed E-state index contributed by atoms with van der Waals surface area (Å²) in [7, 11) is 0. The molecular formula is C28H48O. The Balaban J connectivity index is 3.22. The molecule has 0 unspecified atom stereocenters. The lowest BCUT2D eigenvalue weighted by molar-refractivity contribution is -0.107. The monoisotopic (exact) mass is 400 g/mol. The number of carbonyl (C=O) groups is 1. The molecule has 166 valence electrons. The number of aldehydes is 1. The molecule has 0 spiro atoms. The smallest absolute Gasteiger partial charge is 0.119 e. The lowest BCUT2D eigenvalue weighted by Gasteiger charge is -2.00. The molecule has 0 aromatic carbocycles. The van der Waals surface area contributed by atoms with E-state index in [-0.39, 0.29) is 0 Å². The fourth-order valence-corrected chi connectivity index (χ4v) is 3.59. The standard InChI is InChI=1S/C28H48O/c1-2-3-4-5-6-7-8-9-10-11-12-13-14-15-16-17-18-19-20-21-22-23-24-25-26-27-28-29/h28H,2-12,17-27H2,1H3. The largest absolute Gasteiger partial charge is 0.303 e. The third kappa shape index (κ3) is 26.8. The summed E-state index contributed by atoms with van der Waals surface area (Å²) in [6.07, 6.45) is 29.0. The maximum absolute atomic E-state index is 10.2. The molecule has 0 heterocycles. The number of rotatable bonds is 21. The van der Waals surface area contributed by atoms with E-state index in [1.54, 1.807) is 0 Å². The van der Waals surface area contributed by atoms with Gasteiger partial charge in [-0.1, -0.05) is 121 Å². The zero-order chi connectivity index (χ0) is 21.1. The highest BCUT2D eigenvalue weighted by Gasteiger charge is 1.93.